The first-order valence-corrected chi connectivity index (χ1v) is 21.4. The van der Waals surface area contributed by atoms with Gasteiger partial charge in [-0.1, -0.05) is 132 Å². The molecule has 0 saturated heterocycles. The molecule has 3 nitrogen and oxygen atoms in total. The highest BCUT2D eigenvalue weighted by molar-refractivity contribution is 7.26. The second-order valence-electron chi connectivity index (χ2n) is 17.7. The van der Waals surface area contributed by atoms with Crippen molar-refractivity contribution in [3.8, 4) is 16.8 Å². The lowest BCUT2D eigenvalue weighted by Crippen LogP contribution is -2.17. The van der Waals surface area contributed by atoms with E-state index in [2.05, 4.69) is 208 Å². The summed E-state index contributed by atoms with van der Waals surface area (Å²) < 4.78 is 12.2. The molecular formula is C55H42N2OS. The largest absolute Gasteiger partial charge is 0.455 e. The monoisotopic (exact) mass is 778 g/mol. The van der Waals surface area contributed by atoms with Crippen LogP contribution in [-0.2, 0) is 10.8 Å². The van der Waals surface area contributed by atoms with Crippen molar-refractivity contribution in [1.29, 1.82) is 0 Å². The summed E-state index contributed by atoms with van der Waals surface area (Å²) in [5, 5.41) is 7.31. The minimum atomic E-state index is -0.291. The lowest BCUT2D eigenvalue weighted by molar-refractivity contribution is 0.590. The molecule has 12 rings (SSSR count). The van der Waals surface area contributed by atoms with Crippen LogP contribution in [0.2, 0.25) is 0 Å². The molecule has 0 fully saturated rings. The molecule has 284 valence electrons. The number of benzene rings is 8. The third kappa shape index (κ3) is 4.81. The number of thiophene rings is 1. The van der Waals surface area contributed by atoms with Gasteiger partial charge in [0, 0.05) is 58.7 Å². The Bertz CT molecular complexity index is 3500. The van der Waals surface area contributed by atoms with Crippen LogP contribution in [0.3, 0.4) is 0 Å². The lowest BCUT2D eigenvalue weighted by Gasteiger charge is -2.30. The van der Waals surface area contributed by atoms with Crippen molar-refractivity contribution in [2.75, 3.05) is 4.90 Å². The van der Waals surface area contributed by atoms with E-state index in [1.165, 1.54) is 69.8 Å². The highest BCUT2D eigenvalue weighted by Gasteiger charge is 2.41. The second kappa shape index (κ2) is 12.2. The summed E-state index contributed by atoms with van der Waals surface area (Å²) in [6, 6.07) is 60.4. The maximum Gasteiger partial charge on any atom is 0.145 e. The Labute approximate surface area is 347 Å². The molecule has 0 bridgehead atoms. The Hall–Kier alpha value is -6.62. The standard InChI is InChI=1S/C55H42N2OS/c1-54(2,3)33-26-28-35(29-27-33)57(43-23-15-22-42-48(43)36-18-9-12-21-41(36)56(42)34-16-7-6-8-17-34)44-32-40-52(53-49(44)37-19-10-13-24-45(37)58-53)51-39(55(40,4)5)30-31-47-50(51)38-20-11-14-25-46(38)59-47/h6-32H,1-5H3. The van der Waals surface area contributed by atoms with Gasteiger partial charge >= 0.3 is 0 Å². The summed E-state index contributed by atoms with van der Waals surface area (Å²) in [6.45, 7) is 11.6. The first-order valence-electron chi connectivity index (χ1n) is 20.6. The van der Waals surface area contributed by atoms with Gasteiger partial charge in [-0.25, -0.2) is 0 Å². The van der Waals surface area contributed by atoms with Gasteiger partial charge < -0.3 is 13.9 Å². The van der Waals surface area contributed by atoms with Crippen molar-refractivity contribution in [2.45, 2.75) is 45.4 Å². The third-order valence-corrected chi connectivity index (χ3v) is 14.1. The van der Waals surface area contributed by atoms with Gasteiger partial charge in [-0.3, -0.25) is 0 Å². The van der Waals surface area contributed by atoms with Crippen molar-refractivity contribution in [1.82, 2.24) is 4.57 Å². The van der Waals surface area contributed by atoms with Crippen LogP contribution in [0.25, 0.3) is 80.7 Å². The molecule has 0 saturated carbocycles. The minimum absolute atomic E-state index is 0.0149. The zero-order valence-electron chi connectivity index (χ0n) is 33.8. The number of hydrogen-bond acceptors (Lipinski definition) is 3. The van der Waals surface area contributed by atoms with E-state index in [4.69, 9.17) is 4.42 Å². The van der Waals surface area contributed by atoms with Crippen LogP contribution in [-0.4, -0.2) is 4.57 Å². The molecule has 1 aliphatic carbocycles. The lowest BCUT2D eigenvalue weighted by atomic mass is 9.81. The third-order valence-electron chi connectivity index (χ3n) is 12.9. The van der Waals surface area contributed by atoms with Gasteiger partial charge in [-0.15, -0.1) is 11.3 Å². The normalized spacial score (nSPS) is 13.6. The predicted octanol–water partition coefficient (Wildman–Crippen LogP) is 16.1. The van der Waals surface area contributed by atoms with E-state index in [0.717, 1.165) is 44.7 Å². The van der Waals surface area contributed by atoms with Crippen LogP contribution in [0.5, 0.6) is 0 Å². The molecule has 0 unspecified atom stereocenters. The van der Waals surface area contributed by atoms with Gasteiger partial charge in [0.05, 0.1) is 27.8 Å². The number of fused-ring (bicyclic) bond motifs is 14. The van der Waals surface area contributed by atoms with E-state index in [1.807, 2.05) is 11.3 Å². The Kier molecular flexibility index (Phi) is 7.12. The maximum absolute atomic E-state index is 7.20. The molecule has 59 heavy (non-hydrogen) atoms. The van der Waals surface area contributed by atoms with Gasteiger partial charge in [-0.2, -0.15) is 0 Å². The van der Waals surface area contributed by atoms with Gasteiger partial charge in [-0.05, 0) is 94.4 Å². The fourth-order valence-corrected chi connectivity index (χ4v) is 11.2. The Morgan fingerprint density at radius 3 is 2.03 bits per heavy atom. The highest BCUT2D eigenvalue weighted by Crippen LogP contribution is 2.59. The average molecular weight is 779 g/mol. The van der Waals surface area contributed by atoms with Crippen LogP contribution in [0.4, 0.5) is 17.1 Å². The maximum atomic E-state index is 7.20. The SMILES string of the molecule is CC(C)(C)c1ccc(N(c2cc3c(c4oc5ccccc5c24)-c2c(ccc4sc5ccccc5c24)C3(C)C)c2cccc3c2c2ccccc2n3-c2ccccc2)cc1. The number of furan rings is 1. The van der Waals surface area contributed by atoms with E-state index in [9.17, 15) is 0 Å². The smallest absolute Gasteiger partial charge is 0.145 e. The molecule has 8 aromatic carbocycles. The highest BCUT2D eigenvalue weighted by atomic mass is 32.1. The summed E-state index contributed by atoms with van der Waals surface area (Å²) in [7, 11) is 0. The van der Waals surface area contributed by atoms with Gasteiger partial charge in [0.2, 0.25) is 0 Å². The van der Waals surface area contributed by atoms with E-state index in [1.54, 1.807) is 0 Å². The summed E-state index contributed by atoms with van der Waals surface area (Å²) in [6.07, 6.45) is 0. The number of rotatable bonds is 4. The van der Waals surface area contributed by atoms with Crippen molar-refractivity contribution >= 4 is 92.3 Å². The molecule has 0 aliphatic heterocycles. The summed E-state index contributed by atoms with van der Waals surface area (Å²) >= 11 is 1.88. The molecule has 1 aliphatic rings. The van der Waals surface area contributed by atoms with Gasteiger partial charge in [0.15, 0.2) is 0 Å². The van der Waals surface area contributed by atoms with Crippen LogP contribution < -0.4 is 4.90 Å². The van der Waals surface area contributed by atoms with Gasteiger partial charge in [0.25, 0.3) is 0 Å². The molecule has 0 amide bonds. The molecule has 0 spiro atoms. The van der Waals surface area contributed by atoms with Crippen molar-refractivity contribution in [3.05, 3.63) is 180 Å². The number of anilines is 3. The Morgan fingerprint density at radius 1 is 0.542 bits per heavy atom. The zero-order chi connectivity index (χ0) is 39.8. The predicted molar refractivity (Wildman–Crippen MR) is 252 cm³/mol. The summed E-state index contributed by atoms with van der Waals surface area (Å²) in [4.78, 5) is 2.52. The molecule has 3 heterocycles. The number of aromatic nitrogens is 1. The molecular weight excluding hydrogens is 737 g/mol. The van der Waals surface area contributed by atoms with Crippen LogP contribution in [0.1, 0.15) is 51.3 Å². The Morgan fingerprint density at radius 2 is 1.24 bits per heavy atom. The first kappa shape index (κ1) is 34.4. The van der Waals surface area contributed by atoms with Crippen LogP contribution in [0, 0.1) is 0 Å². The van der Waals surface area contributed by atoms with Crippen LogP contribution >= 0.6 is 11.3 Å². The van der Waals surface area contributed by atoms with Crippen LogP contribution in [0.15, 0.2) is 168 Å². The molecule has 0 N–H and O–H groups in total. The van der Waals surface area contributed by atoms with E-state index in [-0.39, 0.29) is 10.8 Å². The topological polar surface area (TPSA) is 21.3 Å². The first-order chi connectivity index (χ1) is 28.7. The van der Waals surface area contributed by atoms with Crippen molar-refractivity contribution in [3.63, 3.8) is 0 Å². The quantitative estimate of drug-likeness (QED) is 0.177. The fraction of sp³-hybridized carbons (Fsp3) is 0.127. The second-order valence-corrected chi connectivity index (χ2v) is 18.8. The van der Waals surface area contributed by atoms with E-state index < -0.39 is 0 Å². The summed E-state index contributed by atoms with van der Waals surface area (Å²) in [5.41, 5.74) is 14.9. The molecule has 0 radical (unpaired) electrons. The molecule has 4 heteroatoms. The van der Waals surface area contributed by atoms with Gasteiger partial charge in [0.1, 0.15) is 11.2 Å². The Balaban J connectivity index is 1.24. The number of nitrogens with zero attached hydrogens (tertiary/aromatic N) is 2. The van der Waals surface area contributed by atoms with E-state index >= 15 is 0 Å². The minimum Gasteiger partial charge on any atom is -0.455 e. The number of hydrogen-bond donors (Lipinski definition) is 0. The molecule has 11 aromatic rings. The average Bonchev–Trinajstić information content (AvgIpc) is 3.98. The summed E-state index contributed by atoms with van der Waals surface area (Å²) in [5.74, 6) is 0. The fourth-order valence-electron chi connectivity index (χ4n) is 10.1. The molecule has 0 atom stereocenters. The van der Waals surface area contributed by atoms with Crippen molar-refractivity contribution < 1.29 is 4.42 Å². The molecule has 3 aromatic heterocycles. The van der Waals surface area contributed by atoms with E-state index in [0.29, 0.717) is 0 Å². The zero-order valence-corrected chi connectivity index (χ0v) is 34.6. The van der Waals surface area contributed by atoms with Crippen molar-refractivity contribution in [2.24, 2.45) is 0 Å². The number of para-hydroxylation sites is 3.